The number of alkyl halides is 3. The number of thioether (sulfide) groups is 1. The summed E-state index contributed by atoms with van der Waals surface area (Å²) in [5.74, 6) is -1.73. The highest BCUT2D eigenvalue weighted by Gasteiger charge is 2.37. The van der Waals surface area contributed by atoms with Gasteiger partial charge >= 0.3 is 12.1 Å². The molecule has 0 aliphatic heterocycles. The fourth-order valence-electron chi connectivity index (χ4n) is 3.26. The van der Waals surface area contributed by atoms with Crippen molar-refractivity contribution in [1.82, 2.24) is 14.8 Å². The molecule has 2 N–H and O–H groups in total. The topological polar surface area (TPSA) is 97.1 Å². The van der Waals surface area contributed by atoms with Gasteiger partial charge in [-0.2, -0.15) is 13.2 Å². The first-order chi connectivity index (χ1) is 16.0. The number of carbonyl (C=O) groups is 2. The fourth-order valence-corrected chi connectivity index (χ4v) is 4.79. The highest BCUT2D eigenvalue weighted by atomic mass is 79.9. The van der Waals surface area contributed by atoms with E-state index in [1.165, 1.54) is 28.8 Å². The number of carbonyl (C=O) groups excluding carboxylic acids is 1. The summed E-state index contributed by atoms with van der Waals surface area (Å²) in [6.45, 7) is 0. The van der Waals surface area contributed by atoms with Crippen molar-refractivity contribution in [1.29, 1.82) is 0 Å². The highest BCUT2D eigenvalue weighted by Crippen LogP contribution is 2.44. The lowest BCUT2D eigenvalue weighted by Crippen LogP contribution is -2.16. The van der Waals surface area contributed by atoms with Gasteiger partial charge in [-0.05, 0) is 70.6 Å². The summed E-state index contributed by atoms with van der Waals surface area (Å²) in [4.78, 5) is 23.4. The summed E-state index contributed by atoms with van der Waals surface area (Å²) >= 11 is 10.1. The molecule has 0 saturated heterocycles. The van der Waals surface area contributed by atoms with Gasteiger partial charge in [-0.3, -0.25) is 9.36 Å². The number of nitrogens with zero attached hydrogens (tertiary/aromatic N) is 3. The van der Waals surface area contributed by atoms with Crippen LogP contribution in [0.1, 0.15) is 40.2 Å². The number of aromatic nitrogens is 3. The van der Waals surface area contributed by atoms with Gasteiger partial charge < -0.3 is 10.4 Å². The molecule has 178 valence electrons. The van der Waals surface area contributed by atoms with Crippen LogP contribution in [0.15, 0.2) is 46.3 Å². The number of nitrogens with one attached hydrogen (secondary N) is 1. The molecule has 1 aliphatic carbocycles. The number of benzene rings is 2. The molecule has 0 spiro atoms. The average Bonchev–Trinajstić information content (AvgIpc) is 3.55. The van der Waals surface area contributed by atoms with E-state index in [0.717, 1.165) is 30.7 Å². The second-order valence-corrected chi connectivity index (χ2v) is 9.53. The maximum atomic E-state index is 13.9. The minimum Gasteiger partial charge on any atom is -0.478 e. The van der Waals surface area contributed by atoms with E-state index in [1.807, 2.05) is 0 Å². The van der Waals surface area contributed by atoms with E-state index >= 15 is 0 Å². The van der Waals surface area contributed by atoms with Crippen LogP contribution in [-0.2, 0) is 11.0 Å². The van der Waals surface area contributed by atoms with Gasteiger partial charge in [-0.25, -0.2) is 4.79 Å². The van der Waals surface area contributed by atoms with Crippen LogP contribution in [0.3, 0.4) is 0 Å². The zero-order valence-electron chi connectivity index (χ0n) is 17.1. The number of amides is 1. The summed E-state index contributed by atoms with van der Waals surface area (Å²) in [6.07, 6.45) is -2.86. The van der Waals surface area contributed by atoms with Crippen LogP contribution >= 0.6 is 39.3 Å². The van der Waals surface area contributed by atoms with Gasteiger partial charge in [0, 0.05) is 0 Å². The Bertz CT molecular complexity index is 1280. The third-order valence-electron chi connectivity index (χ3n) is 5.03. The van der Waals surface area contributed by atoms with Gasteiger partial charge in [-0.1, -0.05) is 29.4 Å². The second kappa shape index (κ2) is 9.59. The molecule has 34 heavy (non-hydrogen) atoms. The summed E-state index contributed by atoms with van der Waals surface area (Å²) in [6, 6.07) is 8.05. The van der Waals surface area contributed by atoms with Gasteiger partial charge in [0.15, 0.2) is 5.16 Å². The number of aromatic carboxylic acids is 1. The Balaban J connectivity index is 1.54. The number of rotatable bonds is 7. The molecule has 1 saturated carbocycles. The molecule has 1 aliphatic rings. The average molecular weight is 576 g/mol. The van der Waals surface area contributed by atoms with Crippen LogP contribution in [-0.4, -0.2) is 37.5 Å². The van der Waals surface area contributed by atoms with Gasteiger partial charge in [0.1, 0.15) is 0 Å². The van der Waals surface area contributed by atoms with Crippen molar-refractivity contribution in [2.75, 3.05) is 11.1 Å². The van der Waals surface area contributed by atoms with Crippen LogP contribution in [0.25, 0.3) is 5.69 Å². The number of carboxylic acid groups (broad SMARTS) is 1. The number of carboxylic acids is 1. The standard InChI is InChI=1S/C21H15BrClF3N4O3S/c22-19-28-29-20(34-9-17(31)27-15-5-3-12(18(32)33)8-14(15)23)30(19)16-6-4-11(10-1-2-10)7-13(16)21(24,25)26/h3-8,10H,1-2,9H2,(H,27,31)(H,32,33). The molecule has 4 rings (SSSR count). The van der Waals surface area contributed by atoms with Crippen LogP contribution in [0.4, 0.5) is 18.9 Å². The Hall–Kier alpha value is -2.57. The van der Waals surface area contributed by atoms with E-state index in [4.69, 9.17) is 16.7 Å². The van der Waals surface area contributed by atoms with E-state index in [2.05, 4.69) is 31.4 Å². The SMILES string of the molecule is O=C(CSc1nnc(Br)n1-c1ccc(C2CC2)cc1C(F)(F)F)Nc1ccc(C(=O)O)cc1Cl. The molecular formula is C21H15BrClF3N4O3S. The van der Waals surface area contributed by atoms with Crippen molar-refractivity contribution >= 4 is 56.9 Å². The zero-order valence-corrected chi connectivity index (χ0v) is 20.2. The van der Waals surface area contributed by atoms with Crippen molar-refractivity contribution in [3.63, 3.8) is 0 Å². The molecule has 2 aromatic carbocycles. The Kier molecular flexibility index (Phi) is 6.92. The molecule has 1 heterocycles. The van der Waals surface area contributed by atoms with Gasteiger partial charge in [-0.15, -0.1) is 10.2 Å². The maximum absolute atomic E-state index is 13.9. The van der Waals surface area contributed by atoms with Crippen LogP contribution in [0.5, 0.6) is 0 Å². The van der Waals surface area contributed by atoms with Crippen molar-refractivity contribution in [3.8, 4) is 5.69 Å². The van der Waals surface area contributed by atoms with E-state index in [1.54, 1.807) is 6.07 Å². The zero-order chi connectivity index (χ0) is 24.6. The van der Waals surface area contributed by atoms with Crippen molar-refractivity contribution < 1.29 is 27.9 Å². The van der Waals surface area contributed by atoms with Gasteiger partial charge in [0.2, 0.25) is 10.6 Å². The molecule has 3 aromatic rings. The molecule has 1 aromatic heterocycles. The van der Waals surface area contributed by atoms with Crippen molar-refractivity contribution in [2.45, 2.75) is 30.1 Å². The van der Waals surface area contributed by atoms with Crippen LogP contribution < -0.4 is 5.32 Å². The van der Waals surface area contributed by atoms with E-state index < -0.39 is 23.6 Å². The third kappa shape index (κ3) is 5.39. The molecule has 0 unspecified atom stereocenters. The number of hydrogen-bond donors (Lipinski definition) is 2. The summed E-state index contributed by atoms with van der Waals surface area (Å²) in [7, 11) is 0. The lowest BCUT2D eigenvalue weighted by atomic mass is 10.0. The first-order valence-corrected chi connectivity index (χ1v) is 12.0. The Labute approximate surface area is 208 Å². The first kappa shape index (κ1) is 24.6. The molecular weight excluding hydrogens is 561 g/mol. The monoisotopic (exact) mass is 574 g/mol. The normalized spacial score (nSPS) is 13.7. The Morgan fingerprint density at radius 2 is 1.94 bits per heavy atom. The summed E-state index contributed by atoms with van der Waals surface area (Å²) in [5.41, 5.74) is -0.156. The Morgan fingerprint density at radius 3 is 2.56 bits per heavy atom. The van der Waals surface area contributed by atoms with Crippen molar-refractivity contribution in [3.05, 3.63) is 62.8 Å². The molecule has 7 nitrogen and oxygen atoms in total. The minimum atomic E-state index is -4.60. The van der Waals surface area contributed by atoms with Crippen molar-refractivity contribution in [2.24, 2.45) is 0 Å². The summed E-state index contributed by atoms with van der Waals surface area (Å²) in [5, 5.41) is 19.4. The summed E-state index contributed by atoms with van der Waals surface area (Å²) < 4.78 is 42.8. The predicted octanol–water partition coefficient (Wildman–Crippen LogP) is 6.01. The minimum absolute atomic E-state index is 0.0368. The van der Waals surface area contributed by atoms with Crippen LogP contribution in [0, 0.1) is 0 Å². The van der Waals surface area contributed by atoms with E-state index in [9.17, 15) is 22.8 Å². The molecule has 0 radical (unpaired) electrons. The second-order valence-electron chi connectivity index (χ2n) is 7.47. The molecule has 13 heteroatoms. The molecule has 0 atom stereocenters. The van der Waals surface area contributed by atoms with Gasteiger partial charge in [0.05, 0.1) is 33.3 Å². The maximum Gasteiger partial charge on any atom is 0.418 e. The predicted molar refractivity (Wildman–Crippen MR) is 124 cm³/mol. The molecule has 1 fully saturated rings. The van der Waals surface area contributed by atoms with E-state index in [0.29, 0.717) is 5.56 Å². The third-order valence-corrected chi connectivity index (χ3v) is 6.79. The Morgan fingerprint density at radius 1 is 1.21 bits per heavy atom. The lowest BCUT2D eigenvalue weighted by molar-refractivity contribution is -0.137. The first-order valence-electron chi connectivity index (χ1n) is 9.82. The molecule has 1 amide bonds. The number of halogens is 5. The number of anilines is 1. The number of hydrogen-bond acceptors (Lipinski definition) is 5. The lowest BCUT2D eigenvalue weighted by Gasteiger charge is -2.17. The van der Waals surface area contributed by atoms with Gasteiger partial charge in [0.25, 0.3) is 0 Å². The smallest absolute Gasteiger partial charge is 0.418 e. The van der Waals surface area contributed by atoms with E-state index in [-0.39, 0.29) is 43.5 Å². The quantitative estimate of drug-likeness (QED) is 0.335. The highest BCUT2D eigenvalue weighted by molar-refractivity contribution is 9.10. The fraction of sp³-hybridized carbons (Fsp3) is 0.238. The van der Waals surface area contributed by atoms with Crippen LogP contribution in [0.2, 0.25) is 5.02 Å². The largest absolute Gasteiger partial charge is 0.478 e. The molecule has 0 bridgehead atoms.